The lowest BCUT2D eigenvalue weighted by atomic mass is 9.74. The summed E-state index contributed by atoms with van der Waals surface area (Å²) in [7, 11) is 3.16. The van der Waals surface area contributed by atoms with Crippen molar-refractivity contribution in [2.75, 3.05) is 14.2 Å². The second kappa shape index (κ2) is 10.9. The third kappa shape index (κ3) is 5.04. The molecule has 0 saturated carbocycles. The van der Waals surface area contributed by atoms with Crippen LogP contribution in [0.15, 0.2) is 68.0 Å². The molecule has 2 aromatic heterocycles. The first-order valence-electron chi connectivity index (χ1n) is 16.1. The van der Waals surface area contributed by atoms with Crippen molar-refractivity contribution in [2.45, 2.75) is 89.8 Å². The zero-order chi connectivity index (χ0) is 35.1. The second-order valence-electron chi connectivity index (χ2n) is 15.0. The maximum atomic E-state index is 14.4. The summed E-state index contributed by atoms with van der Waals surface area (Å²) in [6.07, 6.45) is 8.04. The van der Waals surface area contributed by atoms with Crippen molar-refractivity contribution in [1.29, 1.82) is 0 Å². The van der Waals surface area contributed by atoms with Crippen molar-refractivity contribution >= 4 is 28.0 Å². The number of fused-ring (bicyclic) bond motifs is 4. The first-order chi connectivity index (χ1) is 22.4. The van der Waals surface area contributed by atoms with Crippen molar-refractivity contribution in [3.05, 3.63) is 98.2 Å². The third-order valence-corrected chi connectivity index (χ3v) is 9.72. The van der Waals surface area contributed by atoms with Gasteiger partial charge in [-0.2, -0.15) is 0 Å². The summed E-state index contributed by atoms with van der Waals surface area (Å²) in [4.78, 5) is 27.0. The number of allylic oxidation sites excluding steroid dienone is 2. The minimum absolute atomic E-state index is 0.351. The van der Waals surface area contributed by atoms with E-state index in [4.69, 9.17) is 27.8 Å². The highest BCUT2D eigenvalue weighted by Crippen LogP contribution is 2.56. The maximum absolute atomic E-state index is 14.4. The molecule has 2 aliphatic heterocycles. The van der Waals surface area contributed by atoms with Gasteiger partial charge in [0.05, 0.1) is 30.6 Å². The van der Waals surface area contributed by atoms with Crippen molar-refractivity contribution < 1.29 is 27.8 Å². The van der Waals surface area contributed by atoms with Gasteiger partial charge in [0.2, 0.25) is 0 Å². The molecule has 8 heteroatoms. The van der Waals surface area contributed by atoms with E-state index in [1.54, 1.807) is 26.4 Å². The Morgan fingerprint density at radius 3 is 2.04 bits per heavy atom. The Bertz CT molecular complexity index is 2170. The fourth-order valence-electron chi connectivity index (χ4n) is 7.09. The summed E-state index contributed by atoms with van der Waals surface area (Å²) in [6, 6.07) is 4.93. The van der Waals surface area contributed by atoms with Crippen LogP contribution in [0.25, 0.3) is 28.0 Å². The van der Waals surface area contributed by atoms with Gasteiger partial charge in [-0.1, -0.05) is 39.8 Å². The van der Waals surface area contributed by atoms with E-state index in [1.165, 1.54) is 6.07 Å². The van der Waals surface area contributed by atoms with Gasteiger partial charge in [0.25, 0.3) is 0 Å². The fourth-order valence-corrected chi connectivity index (χ4v) is 7.09. The van der Waals surface area contributed by atoms with E-state index in [0.29, 0.717) is 73.6 Å². The van der Waals surface area contributed by atoms with Crippen molar-refractivity contribution in [3.8, 4) is 23.0 Å². The Morgan fingerprint density at radius 1 is 0.833 bits per heavy atom. The van der Waals surface area contributed by atoms with E-state index in [-0.39, 0.29) is 0 Å². The topological polar surface area (TPSA) is 97.3 Å². The average Bonchev–Trinajstić information content (AvgIpc) is 3.00. The SMILES string of the molecule is C=CC(C)(C)c1c2c(c(OC)c3cc(C4CC(C)(C)Oc5c4c(OC)c4ccc(=O)oc4c5C(C)(C)C=C)c(=O)oc13)C=CC(C)(C)O2. The van der Waals surface area contributed by atoms with Crippen LogP contribution in [0, 0.1) is 0 Å². The molecule has 2 aromatic carbocycles. The van der Waals surface area contributed by atoms with E-state index < -0.39 is 39.2 Å². The minimum Gasteiger partial charge on any atom is -0.496 e. The Balaban J connectivity index is 1.77. The molecular weight excluding hydrogens is 608 g/mol. The summed E-state index contributed by atoms with van der Waals surface area (Å²) in [5.74, 6) is 1.54. The molecule has 0 bridgehead atoms. The van der Waals surface area contributed by atoms with Crippen LogP contribution < -0.4 is 30.2 Å². The Kier molecular flexibility index (Phi) is 7.54. The molecule has 252 valence electrons. The molecule has 48 heavy (non-hydrogen) atoms. The van der Waals surface area contributed by atoms with E-state index in [0.717, 1.165) is 5.56 Å². The van der Waals surface area contributed by atoms with Crippen LogP contribution in [0.2, 0.25) is 0 Å². The lowest BCUT2D eigenvalue weighted by Gasteiger charge is -2.41. The molecule has 0 amide bonds. The zero-order valence-corrected chi connectivity index (χ0v) is 29.5. The monoisotopic (exact) mass is 652 g/mol. The van der Waals surface area contributed by atoms with Gasteiger partial charge < -0.3 is 27.8 Å². The summed E-state index contributed by atoms with van der Waals surface area (Å²) >= 11 is 0. The summed E-state index contributed by atoms with van der Waals surface area (Å²) in [5.41, 5.74) is 0.287. The number of benzene rings is 2. The van der Waals surface area contributed by atoms with Gasteiger partial charge in [0, 0.05) is 45.1 Å². The van der Waals surface area contributed by atoms with Gasteiger partial charge in [-0.15, -0.1) is 13.2 Å². The van der Waals surface area contributed by atoms with Crippen molar-refractivity contribution in [2.24, 2.45) is 0 Å². The van der Waals surface area contributed by atoms with Crippen LogP contribution in [-0.4, -0.2) is 25.4 Å². The summed E-state index contributed by atoms with van der Waals surface area (Å²) in [5, 5.41) is 1.22. The molecule has 0 saturated heterocycles. The van der Waals surface area contributed by atoms with Crippen LogP contribution in [0.4, 0.5) is 0 Å². The highest BCUT2D eigenvalue weighted by molar-refractivity contribution is 5.96. The molecule has 0 spiro atoms. The van der Waals surface area contributed by atoms with Crippen LogP contribution in [0.1, 0.15) is 95.5 Å². The normalized spacial score (nSPS) is 18.0. The van der Waals surface area contributed by atoms with Gasteiger partial charge in [0.1, 0.15) is 45.4 Å². The molecule has 0 radical (unpaired) electrons. The molecule has 4 heterocycles. The van der Waals surface area contributed by atoms with Crippen LogP contribution in [0.5, 0.6) is 23.0 Å². The molecule has 1 atom stereocenters. The number of rotatable bonds is 7. The molecule has 8 nitrogen and oxygen atoms in total. The molecule has 6 rings (SSSR count). The summed E-state index contributed by atoms with van der Waals surface area (Å²) < 4.78 is 37.6. The number of ether oxygens (including phenoxy) is 4. The predicted octanol–water partition coefficient (Wildman–Crippen LogP) is 8.72. The van der Waals surface area contributed by atoms with Crippen LogP contribution >= 0.6 is 0 Å². The second-order valence-corrected chi connectivity index (χ2v) is 15.0. The molecule has 1 unspecified atom stereocenters. The van der Waals surface area contributed by atoms with Crippen molar-refractivity contribution in [1.82, 2.24) is 0 Å². The van der Waals surface area contributed by atoms with Gasteiger partial charge in [-0.3, -0.25) is 0 Å². The summed E-state index contributed by atoms with van der Waals surface area (Å²) in [6.45, 7) is 24.1. The Labute approximate surface area is 280 Å². The minimum atomic E-state index is -0.739. The van der Waals surface area contributed by atoms with E-state index in [1.807, 2.05) is 79.7 Å². The molecular formula is C40H44O8. The smallest absolute Gasteiger partial charge is 0.340 e. The van der Waals surface area contributed by atoms with Crippen LogP contribution in [0.3, 0.4) is 0 Å². The van der Waals surface area contributed by atoms with E-state index >= 15 is 0 Å². The molecule has 0 aliphatic carbocycles. The standard InChI is InChI=1S/C40H44O8/c1-13-37(3,4)28-33-24(30(43-11)22-17-18-39(7,8)47-34(22)28)19-23(36(42)46-33)25-20-40(9,10)48-35-27(25)31(44-12)21-15-16-26(41)45-32(21)29(35)38(5,6)14-2/h13-19,25H,1-2,20H2,3-12H3. The average molecular weight is 653 g/mol. The molecule has 0 fully saturated rings. The maximum Gasteiger partial charge on any atom is 0.340 e. The Morgan fingerprint density at radius 2 is 1.44 bits per heavy atom. The van der Waals surface area contributed by atoms with Gasteiger partial charge >= 0.3 is 11.3 Å². The predicted molar refractivity (Wildman–Crippen MR) is 189 cm³/mol. The highest BCUT2D eigenvalue weighted by Gasteiger charge is 2.44. The van der Waals surface area contributed by atoms with E-state index in [9.17, 15) is 9.59 Å². The number of methoxy groups -OCH3 is 2. The highest BCUT2D eigenvalue weighted by atomic mass is 16.5. The quantitative estimate of drug-likeness (QED) is 0.144. The molecule has 0 N–H and O–H groups in total. The van der Waals surface area contributed by atoms with Gasteiger partial charge in [-0.05, 0) is 58.4 Å². The lowest BCUT2D eigenvalue weighted by molar-refractivity contribution is 0.0738. The van der Waals surface area contributed by atoms with E-state index in [2.05, 4.69) is 13.2 Å². The largest absolute Gasteiger partial charge is 0.496 e. The van der Waals surface area contributed by atoms with Crippen LogP contribution in [-0.2, 0) is 10.8 Å². The van der Waals surface area contributed by atoms with Crippen molar-refractivity contribution in [3.63, 3.8) is 0 Å². The fraction of sp³-hybridized carbons (Fsp3) is 0.400. The zero-order valence-electron chi connectivity index (χ0n) is 29.5. The number of hydrogen-bond donors (Lipinski definition) is 0. The van der Waals surface area contributed by atoms with Gasteiger partial charge in [-0.25, -0.2) is 9.59 Å². The first-order valence-corrected chi connectivity index (χ1v) is 16.1. The first kappa shape index (κ1) is 33.2. The molecule has 2 aliphatic rings. The number of hydrogen-bond acceptors (Lipinski definition) is 8. The third-order valence-electron chi connectivity index (χ3n) is 9.72. The Hall–Kier alpha value is -4.72. The lowest BCUT2D eigenvalue weighted by Crippen LogP contribution is -2.38. The van der Waals surface area contributed by atoms with Gasteiger partial charge in [0.15, 0.2) is 0 Å². The molecule has 4 aromatic rings.